The molecular formula is C25H21NO6. The van der Waals surface area contributed by atoms with Gasteiger partial charge in [-0.3, -0.25) is 9.59 Å². The van der Waals surface area contributed by atoms with Gasteiger partial charge in [-0.15, -0.1) is 0 Å². The van der Waals surface area contributed by atoms with Gasteiger partial charge in [-0.05, 0) is 48.5 Å². The van der Waals surface area contributed by atoms with E-state index in [0.717, 1.165) is 5.56 Å². The summed E-state index contributed by atoms with van der Waals surface area (Å²) in [5.74, 6) is 1.78. The van der Waals surface area contributed by atoms with Gasteiger partial charge in [0.15, 0.2) is 5.43 Å². The average molecular weight is 431 g/mol. The number of carbonyl (C=O) groups excluding carboxylic acids is 1. The lowest BCUT2D eigenvalue weighted by Gasteiger charge is -2.10. The summed E-state index contributed by atoms with van der Waals surface area (Å²) in [6.45, 7) is 0. The van der Waals surface area contributed by atoms with Gasteiger partial charge in [-0.25, -0.2) is 0 Å². The first kappa shape index (κ1) is 21.0. The fourth-order valence-corrected chi connectivity index (χ4v) is 3.27. The van der Waals surface area contributed by atoms with Crippen molar-refractivity contribution in [2.45, 2.75) is 0 Å². The van der Waals surface area contributed by atoms with E-state index in [2.05, 4.69) is 5.32 Å². The normalized spacial score (nSPS) is 10.6. The Kier molecular flexibility index (Phi) is 5.81. The molecule has 0 aliphatic carbocycles. The summed E-state index contributed by atoms with van der Waals surface area (Å²) in [4.78, 5) is 25.4. The molecule has 4 rings (SSSR count). The third kappa shape index (κ3) is 4.27. The summed E-state index contributed by atoms with van der Waals surface area (Å²) in [5.41, 5.74) is 1.79. The van der Waals surface area contributed by atoms with E-state index in [0.29, 0.717) is 45.2 Å². The van der Waals surface area contributed by atoms with Gasteiger partial charge in [0.25, 0.3) is 5.91 Å². The van der Waals surface area contributed by atoms with Gasteiger partial charge in [0.2, 0.25) is 0 Å². The monoisotopic (exact) mass is 431 g/mol. The molecule has 0 radical (unpaired) electrons. The van der Waals surface area contributed by atoms with Crippen molar-refractivity contribution in [3.8, 4) is 28.6 Å². The predicted octanol–water partition coefficient (Wildman–Crippen LogP) is 4.74. The Morgan fingerprint density at radius 3 is 2.06 bits per heavy atom. The zero-order chi connectivity index (χ0) is 22.7. The zero-order valence-electron chi connectivity index (χ0n) is 17.8. The second-order valence-electron chi connectivity index (χ2n) is 6.97. The molecule has 0 saturated heterocycles. The average Bonchev–Trinajstić information content (AvgIpc) is 2.83. The van der Waals surface area contributed by atoms with E-state index in [1.54, 1.807) is 55.6 Å². The SMILES string of the molecule is COc1ccc(-c2cc(=O)c3ccc(NC(=O)c4cc(OC)cc(OC)c4)cc3o2)cc1. The van der Waals surface area contributed by atoms with Gasteiger partial charge in [0.05, 0.1) is 26.7 Å². The van der Waals surface area contributed by atoms with E-state index in [4.69, 9.17) is 18.6 Å². The van der Waals surface area contributed by atoms with Crippen LogP contribution in [0.25, 0.3) is 22.3 Å². The van der Waals surface area contributed by atoms with Gasteiger partial charge < -0.3 is 23.9 Å². The van der Waals surface area contributed by atoms with Crippen molar-refractivity contribution in [3.63, 3.8) is 0 Å². The van der Waals surface area contributed by atoms with Crippen LogP contribution in [0.1, 0.15) is 10.4 Å². The van der Waals surface area contributed by atoms with Crippen LogP contribution in [0.5, 0.6) is 17.2 Å². The number of ether oxygens (including phenoxy) is 3. The number of rotatable bonds is 6. The maximum Gasteiger partial charge on any atom is 0.255 e. The van der Waals surface area contributed by atoms with Crippen LogP contribution in [-0.4, -0.2) is 27.2 Å². The van der Waals surface area contributed by atoms with Gasteiger partial charge >= 0.3 is 0 Å². The number of nitrogens with one attached hydrogen (secondary N) is 1. The molecule has 7 heteroatoms. The number of hydrogen-bond donors (Lipinski definition) is 1. The Hall–Kier alpha value is -4.26. The predicted molar refractivity (Wildman–Crippen MR) is 122 cm³/mol. The van der Waals surface area contributed by atoms with Crippen LogP contribution < -0.4 is 25.0 Å². The van der Waals surface area contributed by atoms with Crippen LogP contribution in [0.15, 0.2) is 75.9 Å². The summed E-state index contributed by atoms with van der Waals surface area (Å²) >= 11 is 0. The Labute approximate surface area is 184 Å². The lowest BCUT2D eigenvalue weighted by atomic mass is 10.1. The van der Waals surface area contributed by atoms with Gasteiger partial charge in [0, 0.05) is 35.0 Å². The lowest BCUT2D eigenvalue weighted by Crippen LogP contribution is -2.12. The molecule has 1 heterocycles. The number of anilines is 1. The highest BCUT2D eigenvalue weighted by molar-refractivity contribution is 6.05. The molecule has 1 amide bonds. The van der Waals surface area contributed by atoms with Crippen LogP contribution >= 0.6 is 0 Å². The summed E-state index contributed by atoms with van der Waals surface area (Å²) < 4.78 is 21.6. The first-order chi connectivity index (χ1) is 15.5. The molecule has 0 saturated carbocycles. The molecule has 3 aromatic carbocycles. The second kappa shape index (κ2) is 8.85. The topological polar surface area (TPSA) is 87.0 Å². The lowest BCUT2D eigenvalue weighted by molar-refractivity contribution is 0.102. The molecule has 0 spiro atoms. The summed E-state index contributed by atoms with van der Waals surface area (Å²) in [6, 6.07) is 18.5. The standard InChI is InChI=1S/C25H21NO6/c1-29-18-7-4-15(5-8-18)23-14-22(27)21-9-6-17(12-24(21)32-23)26-25(28)16-10-19(30-2)13-20(11-16)31-3/h4-14H,1-3H3,(H,26,28). The zero-order valence-corrected chi connectivity index (χ0v) is 17.8. The van der Waals surface area contributed by atoms with Crippen molar-refractivity contribution in [2.75, 3.05) is 26.6 Å². The number of benzene rings is 3. The smallest absolute Gasteiger partial charge is 0.255 e. The minimum atomic E-state index is -0.352. The molecule has 4 aromatic rings. The Bertz CT molecular complexity index is 1320. The number of carbonyl (C=O) groups is 1. The third-order valence-corrected chi connectivity index (χ3v) is 4.98. The van der Waals surface area contributed by atoms with E-state index in [9.17, 15) is 9.59 Å². The largest absolute Gasteiger partial charge is 0.497 e. The first-order valence-corrected chi connectivity index (χ1v) is 9.77. The molecule has 1 N–H and O–H groups in total. The highest BCUT2D eigenvalue weighted by Crippen LogP contribution is 2.27. The van der Waals surface area contributed by atoms with E-state index < -0.39 is 0 Å². The fourth-order valence-electron chi connectivity index (χ4n) is 3.27. The molecular weight excluding hydrogens is 410 g/mol. The van der Waals surface area contributed by atoms with Gasteiger partial charge in [-0.2, -0.15) is 0 Å². The van der Waals surface area contributed by atoms with Crippen LogP contribution in [0.3, 0.4) is 0 Å². The summed E-state index contributed by atoms with van der Waals surface area (Å²) in [6.07, 6.45) is 0. The molecule has 32 heavy (non-hydrogen) atoms. The van der Waals surface area contributed by atoms with Crippen LogP contribution in [0.2, 0.25) is 0 Å². The fraction of sp³-hybridized carbons (Fsp3) is 0.120. The maximum atomic E-state index is 12.8. The first-order valence-electron chi connectivity index (χ1n) is 9.77. The van der Waals surface area contributed by atoms with E-state index >= 15 is 0 Å². The molecule has 162 valence electrons. The third-order valence-electron chi connectivity index (χ3n) is 4.98. The van der Waals surface area contributed by atoms with Crippen molar-refractivity contribution in [1.29, 1.82) is 0 Å². The van der Waals surface area contributed by atoms with E-state index in [-0.39, 0.29) is 11.3 Å². The van der Waals surface area contributed by atoms with Crippen LogP contribution in [-0.2, 0) is 0 Å². The molecule has 0 bridgehead atoms. The minimum Gasteiger partial charge on any atom is -0.497 e. The van der Waals surface area contributed by atoms with Crippen LogP contribution in [0, 0.1) is 0 Å². The van der Waals surface area contributed by atoms with Crippen molar-refractivity contribution in [3.05, 3.63) is 82.5 Å². The van der Waals surface area contributed by atoms with Crippen molar-refractivity contribution < 1.29 is 23.4 Å². The number of hydrogen-bond acceptors (Lipinski definition) is 6. The molecule has 0 aliphatic heterocycles. The Morgan fingerprint density at radius 2 is 1.44 bits per heavy atom. The Balaban J connectivity index is 1.67. The van der Waals surface area contributed by atoms with Crippen LogP contribution in [0.4, 0.5) is 5.69 Å². The number of amides is 1. The molecule has 1 aromatic heterocycles. The highest BCUT2D eigenvalue weighted by Gasteiger charge is 2.13. The molecule has 0 aliphatic rings. The number of methoxy groups -OCH3 is 3. The van der Waals surface area contributed by atoms with Gasteiger partial charge in [0.1, 0.15) is 28.6 Å². The van der Waals surface area contributed by atoms with Crippen molar-refractivity contribution in [1.82, 2.24) is 0 Å². The minimum absolute atomic E-state index is 0.174. The van der Waals surface area contributed by atoms with Gasteiger partial charge in [-0.1, -0.05) is 0 Å². The molecule has 0 fully saturated rings. The summed E-state index contributed by atoms with van der Waals surface area (Å²) in [7, 11) is 4.62. The maximum absolute atomic E-state index is 12.8. The van der Waals surface area contributed by atoms with E-state index in [1.807, 2.05) is 12.1 Å². The van der Waals surface area contributed by atoms with E-state index in [1.165, 1.54) is 20.3 Å². The quantitative estimate of drug-likeness (QED) is 0.475. The molecule has 7 nitrogen and oxygen atoms in total. The highest BCUT2D eigenvalue weighted by atomic mass is 16.5. The second-order valence-corrected chi connectivity index (χ2v) is 6.97. The van der Waals surface area contributed by atoms with Crippen molar-refractivity contribution >= 4 is 22.6 Å². The molecule has 0 unspecified atom stereocenters. The molecule has 0 atom stereocenters. The summed E-state index contributed by atoms with van der Waals surface area (Å²) in [5, 5.41) is 3.24. The number of fused-ring (bicyclic) bond motifs is 1. The Morgan fingerprint density at radius 1 is 0.781 bits per heavy atom. The van der Waals surface area contributed by atoms with Crippen molar-refractivity contribution in [2.24, 2.45) is 0 Å².